The summed E-state index contributed by atoms with van der Waals surface area (Å²) >= 11 is 0. The highest BCUT2D eigenvalue weighted by molar-refractivity contribution is 5.72. The van der Waals surface area contributed by atoms with Gasteiger partial charge in [-0.2, -0.15) is 0 Å². The minimum atomic E-state index is -0.502. The van der Waals surface area contributed by atoms with Crippen LogP contribution in [0.2, 0.25) is 0 Å². The SMILES string of the molecule is CC(C)(C)OC(=O)n1cccc1CCO. The molecule has 1 N–H and O–H groups in total. The average Bonchev–Trinajstić information content (AvgIpc) is 2.49. The second-order valence-corrected chi connectivity index (χ2v) is 4.32. The first kappa shape index (κ1) is 11.8. The Bertz CT molecular complexity index is 336. The van der Waals surface area contributed by atoms with Gasteiger partial charge in [0.25, 0.3) is 0 Å². The van der Waals surface area contributed by atoms with Crippen LogP contribution in [0.25, 0.3) is 0 Å². The number of rotatable bonds is 2. The third kappa shape index (κ3) is 3.40. The Hall–Kier alpha value is -1.29. The predicted molar refractivity (Wildman–Crippen MR) is 56.9 cm³/mol. The fraction of sp³-hybridized carbons (Fsp3) is 0.545. The van der Waals surface area contributed by atoms with E-state index in [-0.39, 0.29) is 6.61 Å². The largest absolute Gasteiger partial charge is 0.443 e. The van der Waals surface area contributed by atoms with Crippen molar-refractivity contribution in [2.75, 3.05) is 6.61 Å². The molecule has 1 aromatic rings. The molecule has 1 aromatic heterocycles. The third-order valence-corrected chi connectivity index (χ3v) is 1.79. The molecule has 0 fully saturated rings. The molecule has 1 rings (SSSR count). The smallest absolute Gasteiger partial charge is 0.418 e. The molecular weight excluding hydrogens is 194 g/mol. The molecule has 84 valence electrons. The summed E-state index contributed by atoms with van der Waals surface area (Å²) in [6.45, 7) is 5.48. The highest BCUT2D eigenvalue weighted by Crippen LogP contribution is 2.11. The van der Waals surface area contributed by atoms with Crippen LogP contribution in [0.4, 0.5) is 4.79 Å². The van der Waals surface area contributed by atoms with E-state index < -0.39 is 11.7 Å². The van der Waals surface area contributed by atoms with Crippen molar-refractivity contribution in [3.63, 3.8) is 0 Å². The van der Waals surface area contributed by atoms with Crippen LogP contribution in [0.15, 0.2) is 18.3 Å². The number of ether oxygens (including phenoxy) is 1. The number of aliphatic hydroxyl groups excluding tert-OH is 1. The molecule has 0 saturated carbocycles. The lowest BCUT2D eigenvalue weighted by Gasteiger charge is -2.20. The lowest BCUT2D eigenvalue weighted by atomic mass is 10.2. The highest BCUT2D eigenvalue weighted by Gasteiger charge is 2.18. The Morgan fingerprint density at radius 1 is 1.53 bits per heavy atom. The number of hydrogen-bond donors (Lipinski definition) is 1. The number of aliphatic hydroxyl groups is 1. The van der Waals surface area contributed by atoms with Crippen molar-refractivity contribution in [2.24, 2.45) is 0 Å². The molecule has 0 atom stereocenters. The van der Waals surface area contributed by atoms with Gasteiger partial charge in [-0.15, -0.1) is 0 Å². The molecule has 1 heterocycles. The molecule has 4 heteroatoms. The summed E-state index contributed by atoms with van der Waals surface area (Å²) in [5, 5.41) is 8.81. The first-order valence-corrected chi connectivity index (χ1v) is 4.94. The standard InChI is InChI=1S/C11H17NO3/c1-11(2,3)15-10(14)12-7-4-5-9(12)6-8-13/h4-5,7,13H,6,8H2,1-3H3. The van der Waals surface area contributed by atoms with E-state index in [1.54, 1.807) is 18.3 Å². The second-order valence-electron chi connectivity index (χ2n) is 4.32. The highest BCUT2D eigenvalue weighted by atomic mass is 16.6. The molecule has 0 aliphatic rings. The van der Waals surface area contributed by atoms with Gasteiger partial charge in [-0.25, -0.2) is 4.79 Å². The van der Waals surface area contributed by atoms with Crippen molar-refractivity contribution >= 4 is 6.09 Å². The fourth-order valence-electron chi connectivity index (χ4n) is 1.22. The quantitative estimate of drug-likeness (QED) is 0.811. The van der Waals surface area contributed by atoms with E-state index in [2.05, 4.69) is 0 Å². The Morgan fingerprint density at radius 3 is 2.73 bits per heavy atom. The predicted octanol–water partition coefficient (Wildman–Crippen LogP) is 1.81. The fourth-order valence-corrected chi connectivity index (χ4v) is 1.22. The number of carbonyl (C=O) groups excluding carboxylic acids is 1. The lowest BCUT2D eigenvalue weighted by Crippen LogP contribution is -2.27. The Morgan fingerprint density at radius 2 is 2.20 bits per heavy atom. The minimum Gasteiger partial charge on any atom is -0.443 e. The number of nitrogens with zero attached hydrogens (tertiary/aromatic N) is 1. The van der Waals surface area contributed by atoms with Crippen LogP contribution in [0.3, 0.4) is 0 Å². The maximum Gasteiger partial charge on any atom is 0.418 e. The monoisotopic (exact) mass is 211 g/mol. The zero-order chi connectivity index (χ0) is 11.5. The Kier molecular flexibility index (Phi) is 3.52. The number of aromatic nitrogens is 1. The van der Waals surface area contributed by atoms with Crippen LogP contribution in [0, 0.1) is 0 Å². The van der Waals surface area contributed by atoms with Gasteiger partial charge in [-0.1, -0.05) is 0 Å². The van der Waals surface area contributed by atoms with E-state index in [0.29, 0.717) is 6.42 Å². The molecule has 0 spiro atoms. The van der Waals surface area contributed by atoms with Crippen LogP contribution >= 0.6 is 0 Å². The van der Waals surface area contributed by atoms with Crippen LogP contribution in [-0.2, 0) is 11.2 Å². The summed E-state index contributed by atoms with van der Waals surface area (Å²) < 4.78 is 6.63. The van der Waals surface area contributed by atoms with Crippen molar-refractivity contribution < 1.29 is 14.6 Å². The summed E-state index contributed by atoms with van der Waals surface area (Å²) in [6, 6.07) is 3.55. The van der Waals surface area contributed by atoms with E-state index in [9.17, 15) is 4.79 Å². The van der Waals surface area contributed by atoms with E-state index in [1.165, 1.54) is 4.57 Å². The molecule has 0 radical (unpaired) electrons. The van der Waals surface area contributed by atoms with Crippen molar-refractivity contribution in [1.29, 1.82) is 0 Å². The average molecular weight is 211 g/mol. The van der Waals surface area contributed by atoms with Gasteiger partial charge in [0.1, 0.15) is 5.60 Å². The van der Waals surface area contributed by atoms with Gasteiger partial charge in [0.2, 0.25) is 0 Å². The van der Waals surface area contributed by atoms with Gasteiger partial charge in [0, 0.05) is 24.9 Å². The maximum atomic E-state index is 11.7. The summed E-state index contributed by atoms with van der Waals surface area (Å²) in [5.74, 6) is 0. The molecule has 15 heavy (non-hydrogen) atoms. The molecule has 0 aliphatic heterocycles. The number of hydrogen-bond acceptors (Lipinski definition) is 3. The summed E-state index contributed by atoms with van der Waals surface area (Å²) in [7, 11) is 0. The van der Waals surface area contributed by atoms with E-state index in [4.69, 9.17) is 9.84 Å². The Labute approximate surface area is 89.5 Å². The van der Waals surface area contributed by atoms with Crippen molar-refractivity contribution in [3.05, 3.63) is 24.0 Å². The van der Waals surface area contributed by atoms with Crippen LogP contribution in [0.5, 0.6) is 0 Å². The van der Waals surface area contributed by atoms with E-state index >= 15 is 0 Å². The van der Waals surface area contributed by atoms with Gasteiger partial charge in [0.15, 0.2) is 0 Å². The van der Waals surface area contributed by atoms with Gasteiger partial charge in [-0.05, 0) is 32.9 Å². The molecule has 0 aromatic carbocycles. The van der Waals surface area contributed by atoms with Gasteiger partial charge in [0.05, 0.1) is 0 Å². The molecular formula is C11H17NO3. The molecule has 0 saturated heterocycles. The topological polar surface area (TPSA) is 51.5 Å². The van der Waals surface area contributed by atoms with Crippen molar-refractivity contribution in [1.82, 2.24) is 4.57 Å². The van der Waals surface area contributed by atoms with Crippen molar-refractivity contribution in [2.45, 2.75) is 32.8 Å². The summed E-state index contributed by atoms with van der Waals surface area (Å²) in [6.07, 6.45) is 1.68. The van der Waals surface area contributed by atoms with Crippen LogP contribution in [0.1, 0.15) is 26.5 Å². The zero-order valence-corrected chi connectivity index (χ0v) is 9.36. The normalized spacial score (nSPS) is 11.5. The summed E-state index contributed by atoms with van der Waals surface area (Å²) in [5.41, 5.74) is 0.254. The van der Waals surface area contributed by atoms with Gasteiger partial charge < -0.3 is 9.84 Å². The second kappa shape index (κ2) is 4.49. The van der Waals surface area contributed by atoms with E-state index in [1.807, 2.05) is 20.8 Å². The van der Waals surface area contributed by atoms with Gasteiger partial charge >= 0.3 is 6.09 Å². The van der Waals surface area contributed by atoms with E-state index in [0.717, 1.165) is 5.69 Å². The molecule has 4 nitrogen and oxygen atoms in total. The first-order chi connectivity index (χ1) is 6.94. The van der Waals surface area contributed by atoms with Crippen LogP contribution < -0.4 is 0 Å². The minimum absolute atomic E-state index is 0.0206. The molecule has 0 bridgehead atoms. The van der Waals surface area contributed by atoms with Crippen molar-refractivity contribution in [3.8, 4) is 0 Å². The lowest BCUT2D eigenvalue weighted by molar-refractivity contribution is 0.0532. The van der Waals surface area contributed by atoms with Gasteiger partial charge in [-0.3, -0.25) is 4.57 Å². The molecule has 0 amide bonds. The molecule has 0 unspecified atom stereocenters. The first-order valence-electron chi connectivity index (χ1n) is 4.94. The Balaban J connectivity index is 2.77. The molecule has 0 aliphatic carbocycles. The van der Waals surface area contributed by atoms with Crippen LogP contribution in [-0.4, -0.2) is 28.0 Å². The third-order valence-electron chi connectivity index (χ3n) is 1.79. The number of carbonyl (C=O) groups is 1. The summed E-state index contributed by atoms with van der Waals surface area (Å²) in [4.78, 5) is 11.7. The zero-order valence-electron chi connectivity index (χ0n) is 9.36. The maximum absolute atomic E-state index is 11.7.